The van der Waals surface area contributed by atoms with Gasteiger partial charge in [-0.3, -0.25) is 4.79 Å². The number of aliphatic hydroxyl groups is 1. The number of amides is 1. The van der Waals surface area contributed by atoms with E-state index in [2.05, 4.69) is 5.32 Å². The minimum Gasteiger partial charge on any atom is -0.489 e. The van der Waals surface area contributed by atoms with Crippen LogP contribution in [0.25, 0.3) is 0 Å². The molecular weight excluding hydrogens is 406 g/mol. The van der Waals surface area contributed by atoms with Crippen LogP contribution in [0.4, 0.5) is 8.78 Å². The van der Waals surface area contributed by atoms with Crippen LogP contribution in [0.1, 0.15) is 37.4 Å². The largest absolute Gasteiger partial charge is 0.489 e. The predicted molar refractivity (Wildman–Crippen MR) is 104 cm³/mol. The molecule has 2 N–H and O–H groups in total. The van der Waals surface area contributed by atoms with E-state index in [-0.39, 0.29) is 12.6 Å². The Bertz CT molecular complexity index is 682. The highest BCUT2D eigenvalue weighted by atomic mass is 35.5. The third-order valence-electron chi connectivity index (χ3n) is 5.32. The zero-order valence-corrected chi connectivity index (χ0v) is 16.9. The highest BCUT2D eigenvalue weighted by Gasteiger charge is 2.29. The van der Waals surface area contributed by atoms with E-state index >= 15 is 0 Å². The number of hydrogen-bond acceptors (Lipinski definition) is 5. The number of alkyl halides is 2. The lowest BCUT2D eigenvalue weighted by Crippen LogP contribution is -2.48. The molecule has 0 radical (unpaired) electrons. The molecule has 0 spiro atoms. The predicted octanol–water partition coefficient (Wildman–Crippen LogP) is 2.78. The Kier molecular flexibility index (Phi) is 8.06. The van der Waals surface area contributed by atoms with Gasteiger partial charge in [0.2, 0.25) is 0 Å². The first kappa shape index (κ1) is 22.2. The molecule has 2 heterocycles. The smallest absolute Gasteiger partial charge is 0.315 e. The molecule has 1 aromatic carbocycles. The van der Waals surface area contributed by atoms with Crippen LogP contribution in [-0.4, -0.2) is 67.3 Å². The van der Waals surface area contributed by atoms with Crippen molar-refractivity contribution >= 4 is 17.5 Å². The van der Waals surface area contributed by atoms with Gasteiger partial charge in [0.15, 0.2) is 0 Å². The van der Waals surface area contributed by atoms with Crippen molar-refractivity contribution < 1.29 is 28.2 Å². The van der Waals surface area contributed by atoms with Crippen molar-refractivity contribution in [3.8, 4) is 5.75 Å². The Morgan fingerprint density at radius 2 is 2.00 bits per heavy atom. The summed E-state index contributed by atoms with van der Waals surface area (Å²) in [4.78, 5) is 13.6. The maximum Gasteiger partial charge on any atom is 0.315 e. The van der Waals surface area contributed by atoms with Crippen LogP contribution in [0.15, 0.2) is 18.2 Å². The Morgan fingerprint density at radius 1 is 1.31 bits per heavy atom. The zero-order valence-electron chi connectivity index (χ0n) is 16.2. The molecule has 162 valence electrons. The van der Waals surface area contributed by atoms with Gasteiger partial charge >= 0.3 is 6.43 Å². The average molecular weight is 433 g/mol. The van der Waals surface area contributed by atoms with Crippen molar-refractivity contribution in [3.63, 3.8) is 0 Å². The van der Waals surface area contributed by atoms with Crippen LogP contribution in [0.2, 0.25) is 5.02 Å². The van der Waals surface area contributed by atoms with Crippen LogP contribution < -0.4 is 10.1 Å². The molecule has 9 heteroatoms. The second-order valence-corrected chi connectivity index (χ2v) is 7.89. The van der Waals surface area contributed by atoms with Gasteiger partial charge in [-0.2, -0.15) is 8.78 Å². The van der Waals surface area contributed by atoms with Gasteiger partial charge in [0.05, 0.1) is 24.3 Å². The standard InChI is InChI=1S/C20H27ClF2N2O4/c21-15-11-13(3-4-17(15)29-14-5-9-28-10-6-14)18(26)16(24-20(27)19(22)23)12-25-7-1-2-8-25/h3-4,11,14,16,18-19,26H,1-2,5-10,12H2,(H,24,27). The van der Waals surface area contributed by atoms with Crippen molar-refractivity contribution in [2.45, 2.75) is 50.4 Å². The molecular formula is C20H27ClF2N2O4. The number of nitrogens with one attached hydrogen (secondary N) is 1. The molecule has 0 aliphatic carbocycles. The summed E-state index contributed by atoms with van der Waals surface area (Å²) in [6, 6.07) is 4.01. The van der Waals surface area contributed by atoms with Gasteiger partial charge in [-0.1, -0.05) is 17.7 Å². The normalized spacial score (nSPS) is 20.6. The van der Waals surface area contributed by atoms with E-state index in [1.54, 1.807) is 18.2 Å². The van der Waals surface area contributed by atoms with Gasteiger partial charge < -0.3 is 24.8 Å². The van der Waals surface area contributed by atoms with Gasteiger partial charge in [-0.25, -0.2) is 0 Å². The number of halogens is 3. The summed E-state index contributed by atoms with van der Waals surface area (Å²) >= 11 is 6.34. The topological polar surface area (TPSA) is 71.0 Å². The fourth-order valence-electron chi connectivity index (χ4n) is 3.72. The number of carbonyl (C=O) groups excluding carboxylic acids is 1. The summed E-state index contributed by atoms with van der Waals surface area (Å²) in [7, 11) is 0. The summed E-state index contributed by atoms with van der Waals surface area (Å²) in [5.74, 6) is -0.888. The minimum atomic E-state index is -3.14. The maximum atomic E-state index is 12.8. The molecule has 6 nitrogen and oxygen atoms in total. The molecule has 2 atom stereocenters. The highest BCUT2D eigenvalue weighted by molar-refractivity contribution is 6.32. The van der Waals surface area contributed by atoms with E-state index < -0.39 is 24.5 Å². The van der Waals surface area contributed by atoms with E-state index in [1.807, 2.05) is 4.90 Å². The first-order valence-electron chi connectivity index (χ1n) is 9.97. The van der Waals surface area contributed by atoms with Crippen LogP contribution >= 0.6 is 11.6 Å². The molecule has 2 fully saturated rings. The number of rotatable bonds is 8. The molecule has 1 aromatic rings. The molecule has 2 saturated heterocycles. The summed E-state index contributed by atoms with van der Waals surface area (Å²) in [6.07, 6.45) is -0.720. The third-order valence-corrected chi connectivity index (χ3v) is 5.62. The van der Waals surface area contributed by atoms with Crippen LogP contribution in [0.5, 0.6) is 5.75 Å². The Morgan fingerprint density at radius 3 is 2.62 bits per heavy atom. The number of likely N-dealkylation sites (tertiary alicyclic amines) is 1. The van der Waals surface area contributed by atoms with E-state index in [0.717, 1.165) is 38.8 Å². The van der Waals surface area contributed by atoms with Crippen LogP contribution in [0.3, 0.4) is 0 Å². The van der Waals surface area contributed by atoms with E-state index in [9.17, 15) is 18.7 Å². The number of hydrogen-bond donors (Lipinski definition) is 2. The van der Waals surface area contributed by atoms with Crippen LogP contribution in [-0.2, 0) is 9.53 Å². The number of ether oxygens (including phenoxy) is 2. The molecule has 0 bridgehead atoms. The summed E-state index contributed by atoms with van der Waals surface area (Å²) in [5, 5.41) is 13.4. The van der Waals surface area contributed by atoms with Crippen molar-refractivity contribution in [1.82, 2.24) is 10.2 Å². The monoisotopic (exact) mass is 432 g/mol. The average Bonchev–Trinajstić information content (AvgIpc) is 3.22. The van der Waals surface area contributed by atoms with E-state index in [1.165, 1.54) is 0 Å². The molecule has 0 aromatic heterocycles. The minimum absolute atomic E-state index is 0.0188. The first-order valence-corrected chi connectivity index (χ1v) is 10.3. The van der Waals surface area contributed by atoms with Gasteiger partial charge in [0, 0.05) is 19.4 Å². The van der Waals surface area contributed by atoms with Gasteiger partial charge in [0.25, 0.3) is 5.91 Å². The highest BCUT2D eigenvalue weighted by Crippen LogP contribution is 2.31. The lowest BCUT2D eigenvalue weighted by atomic mass is 10.0. The lowest BCUT2D eigenvalue weighted by Gasteiger charge is -2.29. The number of carbonyl (C=O) groups is 1. The maximum absolute atomic E-state index is 12.8. The second-order valence-electron chi connectivity index (χ2n) is 7.49. The van der Waals surface area contributed by atoms with E-state index in [0.29, 0.717) is 29.5 Å². The van der Waals surface area contributed by atoms with Crippen molar-refractivity contribution in [2.75, 3.05) is 32.8 Å². The fourth-order valence-corrected chi connectivity index (χ4v) is 3.95. The Balaban J connectivity index is 1.70. The third kappa shape index (κ3) is 6.25. The first-order chi connectivity index (χ1) is 13.9. The van der Waals surface area contributed by atoms with Gasteiger partial charge in [-0.15, -0.1) is 0 Å². The molecule has 1 amide bonds. The molecule has 0 saturated carbocycles. The molecule has 2 unspecified atom stereocenters. The SMILES string of the molecule is O=C(NC(CN1CCCC1)C(O)c1ccc(OC2CCOCC2)c(Cl)c1)C(F)F. The lowest BCUT2D eigenvalue weighted by molar-refractivity contribution is -0.133. The van der Waals surface area contributed by atoms with Gasteiger partial charge in [0.1, 0.15) is 18.0 Å². The molecule has 2 aliphatic rings. The molecule has 3 rings (SSSR count). The van der Waals surface area contributed by atoms with Crippen molar-refractivity contribution in [1.29, 1.82) is 0 Å². The van der Waals surface area contributed by atoms with Crippen LogP contribution in [0, 0.1) is 0 Å². The van der Waals surface area contributed by atoms with E-state index in [4.69, 9.17) is 21.1 Å². The second kappa shape index (κ2) is 10.5. The Hall–Kier alpha value is -1.48. The molecule has 2 aliphatic heterocycles. The number of nitrogens with zero attached hydrogens (tertiary/aromatic N) is 1. The fraction of sp³-hybridized carbons (Fsp3) is 0.650. The number of aliphatic hydroxyl groups excluding tert-OH is 1. The summed E-state index contributed by atoms with van der Waals surface area (Å²) in [6.45, 7) is 3.19. The Labute approximate surface area is 174 Å². The van der Waals surface area contributed by atoms with Gasteiger partial charge in [-0.05, 0) is 43.6 Å². The summed E-state index contributed by atoms with van der Waals surface area (Å²) in [5.41, 5.74) is 0.438. The number of benzene rings is 1. The summed E-state index contributed by atoms with van der Waals surface area (Å²) < 4.78 is 36.7. The van der Waals surface area contributed by atoms with Crippen molar-refractivity contribution in [3.05, 3.63) is 28.8 Å². The zero-order chi connectivity index (χ0) is 20.8. The van der Waals surface area contributed by atoms with Crippen molar-refractivity contribution in [2.24, 2.45) is 0 Å². The quantitative estimate of drug-likeness (QED) is 0.661. The molecule has 29 heavy (non-hydrogen) atoms.